The summed E-state index contributed by atoms with van der Waals surface area (Å²) < 4.78 is 0. The van der Waals surface area contributed by atoms with Gasteiger partial charge in [-0.2, -0.15) is 0 Å². The number of aryl methyl sites for hydroxylation is 3. The lowest BCUT2D eigenvalue weighted by molar-refractivity contribution is 0.0785. The fraction of sp³-hybridized carbons (Fsp3) is 0.471. The maximum Gasteiger partial charge on any atom is 0.0840 e. The quantitative estimate of drug-likeness (QED) is 0.380. The molecule has 0 aliphatic rings. The zero-order valence-corrected chi connectivity index (χ0v) is 25.2. The molecule has 0 atom stereocenters. The highest BCUT2D eigenvalue weighted by Gasteiger charge is 2.17. The van der Waals surface area contributed by atoms with E-state index in [2.05, 4.69) is 104 Å². The van der Waals surface area contributed by atoms with Crippen LogP contribution in [0.1, 0.15) is 96.0 Å². The normalized spacial score (nSPS) is 10.6. The predicted octanol–water partition coefficient (Wildman–Crippen LogP) is 9.59. The number of aliphatic hydroxyl groups is 2. The molecule has 2 nitrogen and oxygen atoms in total. The molecular formula is C34H52O2. The Hall–Kier alpha value is -2.42. The lowest BCUT2D eigenvalue weighted by atomic mass is 9.89. The van der Waals surface area contributed by atoms with Gasteiger partial charge in [-0.25, -0.2) is 0 Å². The highest BCUT2D eigenvalue weighted by atomic mass is 16.3. The van der Waals surface area contributed by atoms with Crippen LogP contribution in [0, 0.1) is 26.7 Å². The molecule has 2 heteroatoms. The van der Waals surface area contributed by atoms with Crippen molar-refractivity contribution in [2.45, 2.75) is 94.6 Å². The Labute approximate surface area is 222 Å². The molecule has 3 aromatic carbocycles. The van der Waals surface area contributed by atoms with Crippen LogP contribution in [0.4, 0.5) is 0 Å². The van der Waals surface area contributed by atoms with Gasteiger partial charge in [0.2, 0.25) is 0 Å². The summed E-state index contributed by atoms with van der Waals surface area (Å²) in [5.41, 5.74) is 10.4. The first-order valence-corrected chi connectivity index (χ1v) is 13.3. The van der Waals surface area contributed by atoms with Gasteiger partial charge in [0.1, 0.15) is 0 Å². The van der Waals surface area contributed by atoms with Gasteiger partial charge in [0.05, 0.1) is 5.60 Å². The van der Waals surface area contributed by atoms with Crippen LogP contribution in [0.3, 0.4) is 0 Å². The van der Waals surface area contributed by atoms with Crippen LogP contribution in [0.25, 0.3) is 22.3 Å². The van der Waals surface area contributed by atoms with E-state index in [4.69, 9.17) is 5.11 Å². The molecular weight excluding hydrogens is 440 g/mol. The van der Waals surface area contributed by atoms with Gasteiger partial charge in [0.25, 0.3) is 0 Å². The Bertz CT molecular complexity index is 1050. The summed E-state index contributed by atoms with van der Waals surface area (Å²) in [6, 6.07) is 19.8. The highest BCUT2D eigenvalue weighted by molar-refractivity contribution is 5.76. The van der Waals surface area contributed by atoms with Crippen LogP contribution in [0.5, 0.6) is 0 Å². The van der Waals surface area contributed by atoms with E-state index in [9.17, 15) is 5.11 Å². The Morgan fingerprint density at radius 3 is 1.36 bits per heavy atom. The molecule has 0 heterocycles. The van der Waals surface area contributed by atoms with Crippen LogP contribution in [-0.2, 0) is 5.60 Å². The van der Waals surface area contributed by atoms with Gasteiger partial charge in [-0.1, -0.05) is 103 Å². The molecule has 0 radical (unpaired) electrons. The van der Waals surface area contributed by atoms with Gasteiger partial charge in [-0.3, -0.25) is 0 Å². The van der Waals surface area contributed by atoms with Crippen molar-refractivity contribution in [2.75, 3.05) is 7.11 Å². The average Bonchev–Trinajstić information content (AvgIpc) is 2.80. The summed E-state index contributed by atoms with van der Waals surface area (Å²) in [6.07, 6.45) is 0. The third-order valence-corrected chi connectivity index (χ3v) is 5.67. The van der Waals surface area contributed by atoms with Crippen LogP contribution in [-0.4, -0.2) is 17.3 Å². The minimum absolute atomic E-state index is 0.549. The van der Waals surface area contributed by atoms with E-state index in [-0.39, 0.29) is 0 Å². The predicted molar refractivity (Wildman–Crippen MR) is 161 cm³/mol. The number of aliphatic hydroxyl groups excluding tert-OH is 1. The van der Waals surface area contributed by atoms with Gasteiger partial charge in [0, 0.05) is 7.11 Å². The topological polar surface area (TPSA) is 40.5 Å². The molecule has 0 spiro atoms. The molecule has 0 saturated carbocycles. The second-order valence-corrected chi connectivity index (χ2v) is 10.6. The number of hydrogen-bond acceptors (Lipinski definition) is 2. The fourth-order valence-electron chi connectivity index (χ4n) is 3.99. The van der Waals surface area contributed by atoms with E-state index in [0.717, 1.165) is 18.6 Å². The smallest absolute Gasteiger partial charge is 0.0840 e. The number of hydrogen-bond donors (Lipinski definition) is 2. The third-order valence-electron chi connectivity index (χ3n) is 5.67. The molecule has 200 valence electrons. The van der Waals surface area contributed by atoms with Crippen molar-refractivity contribution < 1.29 is 10.2 Å². The van der Waals surface area contributed by atoms with Crippen molar-refractivity contribution in [3.63, 3.8) is 0 Å². The van der Waals surface area contributed by atoms with E-state index in [1.807, 2.05) is 33.8 Å². The maximum atomic E-state index is 10.3. The van der Waals surface area contributed by atoms with Gasteiger partial charge in [-0.05, 0) is 96.5 Å². The second-order valence-electron chi connectivity index (χ2n) is 10.6. The summed E-state index contributed by atoms with van der Waals surface area (Å²) in [7, 11) is 1.00. The second kappa shape index (κ2) is 15.6. The molecule has 3 aromatic rings. The number of rotatable bonds is 4. The van der Waals surface area contributed by atoms with Crippen molar-refractivity contribution in [1.29, 1.82) is 0 Å². The Balaban J connectivity index is 0.00000137. The van der Waals surface area contributed by atoms with Crippen molar-refractivity contribution in [3.05, 3.63) is 82.4 Å². The van der Waals surface area contributed by atoms with Gasteiger partial charge < -0.3 is 10.2 Å². The first kappa shape index (κ1) is 33.6. The van der Waals surface area contributed by atoms with E-state index in [1.165, 1.54) is 44.5 Å². The molecule has 0 fully saturated rings. The molecule has 0 aliphatic carbocycles. The molecule has 0 unspecified atom stereocenters. The van der Waals surface area contributed by atoms with Gasteiger partial charge in [-0.15, -0.1) is 0 Å². The van der Waals surface area contributed by atoms with E-state index < -0.39 is 5.60 Å². The molecule has 0 amide bonds. The fourth-order valence-corrected chi connectivity index (χ4v) is 3.99. The Morgan fingerprint density at radius 1 is 0.611 bits per heavy atom. The lowest BCUT2D eigenvalue weighted by Crippen LogP contribution is -2.15. The van der Waals surface area contributed by atoms with Crippen LogP contribution in [0.15, 0.2) is 54.6 Å². The molecule has 2 N–H and O–H groups in total. The molecule has 0 saturated heterocycles. The van der Waals surface area contributed by atoms with Crippen LogP contribution < -0.4 is 0 Å². The molecule has 36 heavy (non-hydrogen) atoms. The standard InChI is InChI=1S/C27H32O.C4H10.C2H6.CH4O/c1-17(2)24-11-8-21(14-18(24)3)22-9-12-25(19(4)15-22)26-13-10-23(16-20(26)5)27(6,7)28;1-4(2)3;2*1-2/h8-17,28H,1-7H3;4H,1-3H3;1-2H3;2H,1H3. The van der Waals surface area contributed by atoms with Crippen molar-refractivity contribution in [3.8, 4) is 22.3 Å². The lowest BCUT2D eigenvalue weighted by Gasteiger charge is -2.20. The minimum Gasteiger partial charge on any atom is -0.400 e. The Morgan fingerprint density at radius 2 is 1.00 bits per heavy atom. The SMILES string of the molecule is CC.CC(C)C.CO.Cc1cc(-c2ccc(C(C)C)c(C)c2)ccc1-c1ccc(C(C)(C)O)cc1C. The minimum atomic E-state index is -0.817. The average molecular weight is 493 g/mol. The Kier molecular flexibility index (Phi) is 14.6. The van der Waals surface area contributed by atoms with E-state index >= 15 is 0 Å². The van der Waals surface area contributed by atoms with E-state index in [1.54, 1.807) is 0 Å². The summed E-state index contributed by atoms with van der Waals surface area (Å²) in [5, 5.41) is 17.3. The van der Waals surface area contributed by atoms with Crippen LogP contribution in [0.2, 0.25) is 0 Å². The van der Waals surface area contributed by atoms with Crippen molar-refractivity contribution >= 4 is 0 Å². The van der Waals surface area contributed by atoms with Gasteiger partial charge >= 0.3 is 0 Å². The first-order valence-electron chi connectivity index (χ1n) is 13.3. The van der Waals surface area contributed by atoms with Crippen molar-refractivity contribution in [1.82, 2.24) is 0 Å². The van der Waals surface area contributed by atoms with E-state index in [0.29, 0.717) is 5.92 Å². The largest absolute Gasteiger partial charge is 0.400 e. The summed E-state index contributed by atoms with van der Waals surface area (Å²) in [5.74, 6) is 1.38. The van der Waals surface area contributed by atoms with Gasteiger partial charge in [0.15, 0.2) is 0 Å². The zero-order valence-electron chi connectivity index (χ0n) is 25.2. The zero-order chi connectivity index (χ0) is 28.2. The summed E-state index contributed by atoms with van der Waals surface area (Å²) in [4.78, 5) is 0. The third kappa shape index (κ3) is 9.91. The maximum absolute atomic E-state index is 10.3. The van der Waals surface area contributed by atoms with Crippen molar-refractivity contribution in [2.24, 2.45) is 5.92 Å². The monoisotopic (exact) mass is 492 g/mol. The summed E-state index contributed by atoms with van der Waals surface area (Å²) in [6.45, 7) is 25.1. The first-order chi connectivity index (χ1) is 16.8. The molecule has 0 bridgehead atoms. The molecule has 0 aromatic heterocycles. The number of benzene rings is 3. The highest BCUT2D eigenvalue weighted by Crippen LogP contribution is 2.33. The molecule has 3 rings (SSSR count). The summed E-state index contributed by atoms with van der Waals surface area (Å²) >= 11 is 0. The van der Waals surface area contributed by atoms with Crippen LogP contribution >= 0.6 is 0 Å². The molecule has 0 aliphatic heterocycles.